The van der Waals surface area contributed by atoms with E-state index in [0.717, 1.165) is 11.8 Å². The standard InChI is InChI=1S/C12H14Cl2O3S/c1-3-4-10(8-17-18(2,15)16)9-5-6-11(13)12(14)7-9/h3,5-7,10H,1,4,8H2,2H3. The molecule has 0 saturated heterocycles. The van der Waals surface area contributed by atoms with Gasteiger partial charge < -0.3 is 0 Å². The highest BCUT2D eigenvalue weighted by Gasteiger charge is 2.14. The van der Waals surface area contributed by atoms with Gasteiger partial charge in [-0.2, -0.15) is 8.42 Å². The molecule has 0 radical (unpaired) electrons. The molecule has 1 aromatic carbocycles. The van der Waals surface area contributed by atoms with Crippen LogP contribution in [0.1, 0.15) is 17.9 Å². The molecule has 0 spiro atoms. The minimum Gasteiger partial charge on any atom is -0.270 e. The lowest BCUT2D eigenvalue weighted by atomic mass is 9.97. The highest BCUT2D eigenvalue weighted by atomic mass is 35.5. The molecule has 0 aliphatic carbocycles. The number of halogens is 2. The maximum Gasteiger partial charge on any atom is 0.264 e. The largest absolute Gasteiger partial charge is 0.270 e. The zero-order valence-electron chi connectivity index (χ0n) is 9.90. The summed E-state index contributed by atoms with van der Waals surface area (Å²) in [4.78, 5) is 0. The van der Waals surface area contributed by atoms with E-state index in [2.05, 4.69) is 6.58 Å². The first-order valence-electron chi connectivity index (χ1n) is 5.23. The molecule has 0 aliphatic heterocycles. The van der Waals surface area contributed by atoms with Crippen molar-refractivity contribution in [2.45, 2.75) is 12.3 Å². The van der Waals surface area contributed by atoms with Crippen LogP contribution in [0, 0.1) is 0 Å². The summed E-state index contributed by atoms with van der Waals surface area (Å²) in [6.45, 7) is 3.70. The molecule has 3 nitrogen and oxygen atoms in total. The van der Waals surface area contributed by atoms with E-state index >= 15 is 0 Å². The van der Waals surface area contributed by atoms with Gasteiger partial charge in [0.05, 0.1) is 22.9 Å². The molecule has 1 rings (SSSR count). The third kappa shape index (κ3) is 4.98. The second-order valence-corrected chi connectivity index (χ2v) is 6.34. The molecule has 1 aromatic rings. The molecule has 0 aliphatic rings. The summed E-state index contributed by atoms with van der Waals surface area (Å²) in [6, 6.07) is 5.19. The first kappa shape index (κ1) is 15.5. The molecule has 0 fully saturated rings. The summed E-state index contributed by atoms with van der Waals surface area (Å²) in [5, 5.41) is 0.893. The Balaban J connectivity index is 2.89. The summed E-state index contributed by atoms with van der Waals surface area (Å²) >= 11 is 11.8. The minimum atomic E-state index is -3.46. The zero-order chi connectivity index (χ0) is 13.8. The van der Waals surface area contributed by atoms with Gasteiger partial charge in [-0.15, -0.1) is 6.58 Å². The van der Waals surface area contributed by atoms with Crippen LogP contribution in [0.3, 0.4) is 0 Å². The second kappa shape index (κ2) is 6.57. The maximum atomic E-state index is 11.0. The van der Waals surface area contributed by atoms with Gasteiger partial charge >= 0.3 is 0 Å². The van der Waals surface area contributed by atoms with Gasteiger partial charge in [-0.1, -0.05) is 35.3 Å². The molecular formula is C12H14Cl2O3S. The predicted molar refractivity (Wildman–Crippen MR) is 74.8 cm³/mol. The number of allylic oxidation sites excluding steroid dienone is 1. The molecule has 0 bridgehead atoms. The van der Waals surface area contributed by atoms with Gasteiger partial charge in [-0.05, 0) is 24.1 Å². The quantitative estimate of drug-likeness (QED) is 0.595. The van der Waals surface area contributed by atoms with Crippen LogP contribution in [0.2, 0.25) is 10.0 Å². The van der Waals surface area contributed by atoms with Crippen LogP contribution in [-0.2, 0) is 14.3 Å². The van der Waals surface area contributed by atoms with Crippen molar-refractivity contribution in [1.82, 2.24) is 0 Å². The lowest BCUT2D eigenvalue weighted by molar-refractivity contribution is 0.295. The normalized spacial score (nSPS) is 13.3. The third-order valence-corrected chi connectivity index (χ3v) is 3.65. The molecule has 0 amide bonds. The van der Waals surface area contributed by atoms with Crippen molar-refractivity contribution in [3.63, 3.8) is 0 Å². The van der Waals surface area contributed by atoms with Crippen LogP contribution < -0.4 is 0 Å². The molecule has 1 atom stereocenters. The minimum absolute atomic E-state index is 0.0583. The van der Waals surface area contributed by atoms with Crippen LogP contribution in [0.4, 0.5) is 0 Å². The lowest BCUT2D eigenvalue weighted by Crippen LogP contribution is -2.12. The topological polar surface area (TPSA) is 43.4 Å². The van der Waals surface area contributed by atoms with E-state index in [1.807, 2.05) is 0 Å². The van der Waals surface area contributed by atoms with Gasteiger partial charge in [0, 0.05) is 5.92 Å². The predicted octanol–water partition coefficient (Wildman–Crippen LogP) is 3.63. The summed E-state index contributed by atoms with van der Waals surface area (Å²) < 4.78 is 26.8. The Labute approximate surface area is 117 Å². The summed E-state index contributed by atoms with van der Waals surface area (Å²) in [5.74, 6) is -0.119. The monoisotopic (exact) mass is 308 g/mol. The van der Waals surface area contributed by atoms with Crippen molar-refractivity contribution >= 4 is 33.3 Å². The summed E-state index contributed by atoms with van der Waals surface area (Å²) in [6.07, 6.45) is 3.32. The first-order valence-corrected chi connectivity index (χ1v) is 7.81. The SMILES string of the molecule is C=CCC(COS(C)(=O)=O)c1ccc(Cl)c(Cl)c1. The molecule has 0 aromatic heterocycles. The molecule has 0 N–H and O–H groups in total. The third-order valence-electron chi connectivity index (χ3n) is 2.35. The van der Waals surface area contributed by atoms with Crippen molar-refractivity contribution in [3.05, 3.63) is 46.5 Å². The van der Waals surface area contributed by atoms with E-state index in [1.54, 1.807) is 24.3 Å². The van der Waals surface area contributed by atoms with Crippen LogP contribution in [-0.4, -0.2) is 21.3 Å². The van der Waals surface area contributed by atoms with Gasteiger partial charge in [-0.25, -0.2) is 0 Å². The molecule has 0 saturated carbocycles. The first-order chi connectivity index (χ1) is 8.33. The Morgan fingerprint density at radius 3 is 2.56 bits per heavy atom. The average Bonchev–Trinajstić information content (AvgIpc) is 2.27. The van der Waals surface area contributed by atoms with Gasteiger partial charge in [0.2, 0.25) is 0 Å². The van der Waals surface area contributed by atoms with E-state index in [1.165, 1.54) is 0 Å². The molecule has 6 heteroatoms. The molecule has 100 valence electrons. The molecular weight excluding hydrogens is 295 g/mol. The molecule has 1 unspecified atom stereocenters. The van der Waals surface area contributed by atoms with Gasteiger partial charge in [0.15, 0.2) is 0 Å². The Bertz CT molecular complexity index is 526. The number of benzene rings is 1. The summed E-state index contributed by atoms with van der Waals surface area (Å²) in [7, 11) is -3.46. The van der Waals surface area contributed by atoms with E-state index < -0.39 is 10.1 Å². The zero-order valence-corrected chi connectivity index (χ0v) is 12.2. The Morgan fingerprint density at radius 1 is 1.39 bits per heavy atom. The van der Waals surface area contributed by atoms with Crippen molar-refractivity contribution in [2.24, 2.45) is 0 Å². The Hall–Kier alpha value is -0.550. The molecule has 0 heterocycles. The fourth-order valence-electron chi connectivity index (χ4n) is 1.47. The number of hydrogen-bond acceptors (Lipinski definition) is 3. The maximum absolute atomic E-state index is 11.0. The summed E-state index contributed by atoms with van der Waals surface area (Å²) in [5.41, 5.74) is 0.868. The van der Waals surface area contributed by atoms with E-state index in [0.29, 0.717) is 16.5 Å². The van der Waals surface area contributed by atoms with Gasteiger partial charge in [0.25, 0.3) is 10.1 Å². The average molecular weight is 309 g/mol. The fourth-order valence-corrected chi connectivity index (χ4v) is 2.19. The smallest absolute Gasteiger partial charge is 0.264 e. The van der Waals surface area contributed by atoms with Crippen molar-refractivity contribution in [3.8, 4) is 0 Å². The number of rotatable bonds is 6. The highest BCUT2D eigenvalue weighted by Crippen LogP contribution is 2.28. The van der Waals surface area contributed by atoms with Crippen LogP contribution in [0.25, 0.3) is 0 Å². The Kier molecular flexibility index (Phi) is 5.66. The van der Waals surface area contributed by atoms with Crippen LogP contribution >= 0.6 is 23.2 Å². The van der Waals surface area contributed by atoms with Crippen molar-refractivity contribution < 1.29 is 12.6 Å². The van der Waals surface area contributed by atoms with Gasteiger partial charge in [-0.3, -0.25) is 4.18 Å². The lowest BCUT2D eigenvalue weighted by Gasteiger charge is -2.15. The highest BCUT2D eigenvalue weighted by molar-refractivity contribution is 7.85. The van der Waals surface area contributed by atoms with E-state index in [4.69, 9.17) is 27.4 Å². The fraction of sp³-hybridized carbons (Fsp3) is 0.333. The second-order valence-electron chi connectivity index (χ2n) is 3.88. The Morgan fingerprint density at radius 2 is 2.06 bits per heavy atom. The van der Waals surface area contributed by atoms with Crippen molar-refractivity contribution in [2.75, 3.05) is 12.9 Å². The van der Waals surface area contributed by atoms with E-state index in [9.17, 15) is 8.42 Å². The van der Waals surface area contributed by atoms with E-state index in [-0.39, 0.29) is 12.5 Å². The van der Waals surface area contributed by atoms with Crippen LogP contribution in [0.5, 0.6) is 0 Å². The van der Waals surface area contributed by atoms with Gasteiger partial charge in [0.1, 0.15) is 0 Å². The van der Waals surface area contributed by atoms with Crippen molar-refractivity contribution in [1.29, 1.82) is 0 Å². The van der Waals surface area contributed by atoms with Crippen LogP contribution in [0.15, 0.2) is 30.9 Å². The number of hydrogen-bond donors (Lipinski definition) is 0. The molecule has 18 heavy (non-hydrogen) atoms.